The molecule has 4 heteroatoms. The van der Waals surface area contributed by atoms with E-state index in [1.807, 2.05) is 6.07 Å². The Morgan fingerprint density at radius 2 is 2.19 bits per heavy atom. The summed E-state index contributed by atoms with van der Waals surface area (Å²) >= 11 is 0. The van der Waals surface area contributed by atoms with Crippen LogP contribution in [0.1, 0.15) is 29.3 Å². The molecule has 0 amide bonds. The van der Waals surface area contributed by atoms with Crippen LogP contribution in [0.3, 0.4) is 0 Å². The van der Waals surface area contributed by atoms with Crippen molar-refractivity contribution >= 4 is 11.8 Å². The second-order valence-electron chi connectivity index (χ2n) is 3.56. The predicted molar refractivity (Wildman–Crippen MR) is 56.9 cm³/mol. The lowest BCUT2D eigenvalue weighted by Crippen LogP contribution is -2.14. The highest BCUT2D eigenvalue weighted by molar-refractivity contribution is 5.98. The SMILES string of the molecule is CC(CC(=O)c1cccc(C#N)c1)C(=O)O. The number of aliphatic carboxylic acids is 1. The highest BCUT2D eigenvalue weighted by Gasteiger charge is 2.16. The number of rotatable bonds is 4. The minimum absolute atomic E-state index is 0.0514. The van der Waals surface area contributed by atoms with Crippen molar-refractivity contribution in [1.29, 1.82) is 5.26 Å². The van der Waals surface area contributed by atoms with Gasteiger partial charge in [-0.25, -0.2) is 0 Å². The van der Waals surface area contributed by atoms with Gasteiger partial charge < -0.3 is 5.11 Å². The summed E-state index contributed by atoms with van der Waals surface area (Å²) in [6.07, 6.45) is -0.0514. The van der Waals surface area contributed by atoms with Gasteiger partial charge in [0.25, 0.3) is 0 Å². The van der Waals surface area contributed by atoms with E-state index in [-0.39, 0.29) is 12.2 Å². The third kappa shape index (κ3) is 2.92. The number of carboxylic acids is 1. The molecule has 0 heterocycles. The van der Waals surface area contributed by atoms with Gasteiger partial charge in [-0.1, -0.05) is 19.1 Å². The van der Waals surface area contributed by atoms with E-state index in [1.54, 1.807) is 18.2 Å². The maximum atomic E-state index is 11.7. The van der Waals surface area contributed by atoms with Crippen molar-refractivity contribution in [3.05, 3.63) is 35.4 Å². The molecule has 0 bridgehead atoms. The molecule has 0 aliphatic carbocycles. The molecule has 0 radical (unpaired) electrons. The number of hydrogen-bond acceptors (Lipinski definition) is 3. The van der Waals surface area contributed by atoms with Crippen molar-refractivity contribution in [2.24, 2.45) is 5.92 Å². The first-order chi connectivity index (χ1) is 7.54. The molecule has 0 fully saturated rings. The van der Waals surface area contributed by atoms with Crippen LogP contribution < -0.4 is 0 Å². The monoisotopic (exact) mass is 217 g/mol. The molecule has 1 N–H and O–H groups in total. The van der Waals surface area contributed by atoms with Crippen molar-refractivity contribution in [3.63, 3.8) is 0 Å². The van der Waals surface area contributed by atoms with Gasteiger partial charge in [-0.2, -0.15) is 5.26 Å². The normalized spacial score (nSPS) is 11.5. The summed E-state index contributed by atoms with van der Waals surface area (Å²) in [5.74, 6) is -1.96. The smallest absolute Gasteiger partial charge is 0.306 e. The van der Waals surface area contributed by atoms with Crippen LogP contribution >= 0.6 is 0 Å². The topological polar surface area (TPSA) is 78.2 Å². The highest BCUT2D eigenvalue weighted by atomic mass is 16.4. The van der Waals surface area contributed by atoms with E-state index in [1.165, 1.54) is 13.0 Å². The molecule has 82 valence electrons. The molecule has 4 nitrogen and oxygen atoms in total. The Balaban J connectivity index is 2.81. The van der Waals surface area contributed by atoms with E-state index in [0.717, 1.165) is 0 Å². The van der Waals surface area contributed by atoms with Crippen LogP contribution in [-0.4, -0.2) is 16.9 Å². The van der Waals surface area contributed by atoms with Crippen LogP contribution in [0, 0.1) is 17.2 Å². The van der Waals surface area contributed by atoms with Crippen LogP contribution in [0.2, 0.25) is 0 Å². The Morgan fingerprint density at radius 1 is 1.50 bits per heavy atom. The van der Waals surface area contributed by atoms with E-state index in [2.05, 4.69) is 0 Å². The van der Waals surface area contributed by atoms with Gasteiger partial charge in [0.05, 0.1) is 17.6 Å². The highest BCUT2D eigenvalue weighted by Crippen LogP contribution is 2.11. The molecule has 1 aromatic rings. The van der Waals surface area contributed by atoms with E-state index in [9.17, 15) is 9.59 Å². The van der Waals surface area contributed by atoms with Crippen molar-refractivity contribution < 1.29 is 14.7 Å². The quantitative estimate of drug-likeness (QED) is 0.780. The molecule has 1 rings (SSSR count). The van der Waals surface area contributed by atoms with Gasteiger partial charge >= 0.3 is 5.97 Å². The van der Waals surface area contributed by atoms with E-state index in [4.69, 9.17) is 10.4 Å². The van der Waals surface area contributed by atoms with Crippen LogP contribution in [-0.2, 0) is 4.79 Å². The first kappa shape index (κ1) is 11.9. The summed E-state index contributed by atoms with van der Waals surface area (Å²) in [4.78, 5) is 22.2. The number of nitriles is 1. The number of carbonyl (C=O) groups excluding carboxylic acids is 1. The Morgan fingerprint density at radius 3 is 2.75 bits per heavy atom. The predicted octanol–water partition coefficient (Wildman–Crippen LogP) is 1.85. The largest absolute Gasteiger partial charge is 0.481 e. The minimum Gasteiger partial charge on any atom is -0.481 e. The number of carbonyl (C=O) groups is 2. The third-order valence-electron chi connectivity index (χ3n) is 2.23. The van der Waals surface area contributed by atoms with Gasteiger partial charge in [-0.3, -0.25) is 9.59 Å². The fraction of sp³-hybridized carbons (Fsp3) is 0.250. The molecular formula is C12H11NO3. The second kappa shape index (κ2) is 5.08. The number of ketones is 1. The van der Waals surface area contributed by atoms with Gasteiger partial charge in [-0.05, 0) is 12.1 Å². The Kier molecular flexibility index (Phi) is 3.78. The van der Waals surface area contributed by atoms with Crippen molar-refractivity contribution in [2.45, 2.75) is 13.3 Å². The van der Waals surface area contributed by atoms with Gasteiger partial charge in [0.15, 0.2) is 5.78 Å². The maximum Gasteiger partial charge on any atom is 0.306 e. The van der Waals surface area contributed by atoms with Gasteiger partial charge in [-0.15, -0.1) is 0 Å². The van der Waals surface area contributed by atoms with E-state index < -0.39 is 11.9 Å². The molecule has 0 aliphatic rings. The first-order valence-corrected chi connectivity index (χ1v) is 4.80. The molecule has 16 heavy (non-hydrogen) atoms. The molecule has 0 aliphatic heterocycles. The van der Waals surface area contributed by atoms with Crippen molar-refractivity contribution in [3.8, 4) is 6.07 Å². The maximum absolute atomic E-state index is 11.7. The van der Waals surface area contributed by atoms with Crippen LogP contribution in [0.15, 0.2) is 24.3 Å². The lowest BCUT2D eigenvalue weighted by Gasteiger charge is -2.05. The van der Waals surface area contributed by atoms with E-state index >= 15 is 0 Å². The average Bonchev–Trinajstić information content (AvgIpc) is 2.28. The summed E-state index contributed by atoms with van der Waals surface area (Å²) in [5.41, 5.74) is 0.779. The lowest BCUT2D eigenvalue weighted by atomic mass is 9.99. The zero-order chi connectivity index (χ0) is 12.1. The van der Waals surface area contributed by atoms with Crippen LogP contribution in [0.25, 0.3) is 0 Å². The molecule has 1 aromatic carbocycles. The molecule has 1 atom stereocenters. The fourth-order valence-electron chi connectivity index (χ4n) is 1.25. The first-order valence-electron chi connectivity index (χ1n) is 4.80. The summed E-state index contributed by atoms with van der Waals surface area (Å²) in [6, 6.07) is 8.18. The average molecular weight is 217 g/mol. The Hall–Kier alpha value is -2.15. The van der Waals surface area contributed by atoms with Crippen molar-refractivity contribution in [1.82, 2.24) is 0 Å². The van der Waals surface area contributed by atoms with Crippen molar-refractivity contribution in [2.75, 3.05) is 0 Å². The standard InChI is InChI=1S/C12H11NO3/c1-8(12(15)16)5-11(14)10-4-2-3-9(6-10)7-13/h2-4,6,8H,5H2,1H3,(H,15,16). The summed E-state index contributed by atoms with van der Waals surface area (Å²) in [5, 5.41) is 17.3. The summed E-state index contributed by atoms with van der Waals surface area (Å²) < 4.78 is 0. The number of hydrogen-bond donors (Lipinski definition) is 1. The lowest BCUT2D eigenvalue weighted by molar-refractivity contribution is -0.141. The summed E-state index contributed by atoms with van der Waals surface area (Å²) in [6.45, 7) is 1.48. The summed E-state index contributed by atoms with van der Waals surface area (Å²) in [7, 11) is 0. The number of benzene rings is 1. The zero-order valence-corrected chi connectivity index (χ0v) is 8.80. The van der Waals surface area contributed by atoms with Crippen LogP contribution in [0.5, 0.6) is 0 Å². The Bertz CT molecular complexity index is 460. The second-order valence-corrected chi connectivity index (χ2v) is 3.56. The number of nitrogens with zero attached hydrogens (tertiary/aromatic N) is 1. The van der Waals surface area contributed by atoms with Gasteiger partial charge in [0.2, 0.25) is 0 Å². The molecule has 0 saturated heterocycles. The third-order valence-corrected chi connectivity index (χ3v) is 2.23. The molecule has 0 spiro atoms. The number of Topliss-reactive ketones (excluding diaryl/α,β-unsaturated/α-hetero) is 1. The molecule has 0 aromatic heterocycles. The van der Waals surface area contributed by atoms with Gasteiger partial charge in [0.1, 0.15) is 0 Å². The Labute approximate surface area is 93.1 Å². The van der Waals surface area contributed by atoms with Gasteiger partial charge in [0, 0.05) is 12.0 Å². The van der Waals surface area contributed by atoms with Crippen LogP contribution in [0.4, 0.5) is 0 Å². The molecule has 0 saturated carbocycles. The molecular weight excluding hydrogens is 206 g/mol. The zero-order valence-electron chi connectivity index (χ0n) is 8.80. The fourth-order valence-corrected chi connectivity index (χ4v) is 1.25. The van der Waals surface area contributed by atoms with E-state index in [0.29, 0.717) is 11.1 Å². The molecule has 1 unspecified atom stereocenters. The number of carboxylic acid groups (broad SMARTS) is 1. The minimum atomic E-state index is -0.996.